The molecule has 0 atom stereocenters. The molecule has 4 heteroatoms. The summed E-state index contributed by atoms with van der Waals surface area (Å²) in [5.41, 5.74) is 2.74. The molecule has 0 aliphatic heterocycles. The van der Waals surface area contributed by atoms with Gasteiger partial charge in [0.05, 0.1) is 11.6 Å². The maximum atomic E-state index is 12.5. The molecule has 0 fully saturated rings. The maximum absolute atomic E-state index is 12.5. The third-order valence-electron chi connectivity index (χ3n) is 3.73. The Morgan fingerprint density at radius 2 is 1.96 bits per heavy atom. The highest BCUT2D eigenvalue weighted by molar-refractivity contribution is 5.76. The van der Waals surface area contributed by atoms with E-state index in [2.05, 4.69) is 11.1 Å². The number of amides is 1. The number of rotatable bonds is 6. The number of hydrogen-bond donors (Lipinski definition) is 0. The first-order valence-corrected chi connectivity index (χ1v) is 7.77. The van der Waals surface area contributed by atoms with Gasteiger partial charge in [0, 0.05) is 31.4 Å². The molecule has 0 aliphatic carbocycles. The Balaban J connectivity index is 1.99. The van der Waals surface area contributed by atoms with Crippen LogP contribution in [0.2, 0.25) is 0 Å². The number of aryl methyl sites for hydroxylation is 1. The summed E-state index contributed by atoms with van der Waals surface area (Å²) in [4.78, 5) is 18.5. The first-order valence-electron chi connectivity index (χ1n) is 7.77. The molecule has 0 spiro atoms. The van der Waals surface area contributed by atoms with E-state index in [1.807, 2.05) is 43.0 Å². The zero-order valence-corrected chi connectivity index (χ0v) is 13.6. The van der Waals surface area contributed by atoms with Crippen LogP contribution in [-0.2, 0) is 17.8 Å². The van der Waals surface area contributed by atoms with Crippen LogP contribution < -0.4 is 0 Å². The molecule has 0 bridgehead atoms. The van der Waals surface area contributed by atoms with Crippen LogP contribution in [0.3, 0.4) is 0 Å². The quantitative estimate of drug-likeness (QED) is 0.822. The highest BCUT2D eigenvalue weighted by atomic mass is 16.2. The monoisotopic (exact) mass is 307 g/mol. The summed E-state index contributed by atoms with van der Waals surface area (Å²) in [6, 6.07) is 13.5. The van der Waals surface area contributed by atoms with Crippen molar-refractivity contribution in [3.63, 3.8) is 0 Å². The van der Waals surface area contributed by atoms with Crippen LogP contribution in [0.15, 0.2) is 48.8 Å². The van der Waals surface area contributed by atoms with Gasteiger partial charge in [-0.15, -0.1) is 0 Å². The first-order chi connectivity index (χ1) is 11.1. The number of nitriles is 1. The van der Waals surface area contributed by atoms with Crippen LogP contribution in [0.4, 0.5) is 0 Å². The molecule has 0 aliphatic rings. The van der Waals surface area contributed by atoms with Gasteiger partial charge in [-0.05, 0) is 49.6 Å². The average molecular weight is 307 g/mol. The standard InChI is InChI=1S/C19H21N3O/c1-15(2)22(14-18-7-5-16(12-20)6-8-18)19(23)10-9-17-4-3-11-21-13-17/h3-8,11,13,15H,9-10,14H2,1-2H3. The molecule has 23 heavy (non-hydrogen) atoms. The van der Waals surface area contributed by atoms with E-state index < -0.39 is 0 Å². The minimum Gasteiger partial charge on any atom is -0.336 e. The second-order valence-electron chi connectivity index (χ2n) is 5.79. The number of aromatic nitrogens is 1. The summed E-state index contributed by atoms with van der Waals surface area (Å²) in [5.74, 6) is 0.133. The molecule has 1 aromatic heterocycles. The Bertz CT molecular complexity index is 672. The first kappa shape index (κ1) is 16.7. The summed E-state index contributed by atoms with van der Waals surface area (Å²) < 4.78 is 0. The van der Waals surface area contributed by atoms with E-state index in [1.54, 1.807) is 24.5 Å². The van der Waals surface area contributed by atoms with Crippen molar-refractivity contribution in [2.24, 2.45) is 0 Å². The number of hydrogen-bond acceptors (Lipinski definition) is 3. The Labute approximate surface area is 137 Å². The fourth-order valence-corrected chi connectivity index (χ4v) is 2.38. The number of carbonyl (C=O) groups excluding carboxylic acids is 1. The summed E-state index contributed by atoms with van der Waals surface area (Å²) >= 11 is 0. The summed E-state index contributed by atoms with van der Waals surface area (Å²) in [5, 5.41) is 8.85. The van der Waals surface area contributed by atoms with Gasteiger partial charge in [0.2, 0.25) is 5.91 Å². The van der Waals surface area contributed by atoms with Crippen molar-refractivity contribution in [2.75, 3.05) is 0 Å². The maximum Gasteiger partial charge on any atom is 0.223 e. The van der Waals surface area contributed by atoms with Crippen LogP contribution >= 0.6 is 0 Å². The molecule has 2 aromatic rings. The predicted molar refractivity (Wildman–Crippen MR) is 89.4 cm³/mol. The molecule has 1 heterocycles. The zero-order chi connectivity index (χ0) is 16.7. The van der Waals surface area contributed by atoms with Crippen molar-refractivity contribution in [2.45, 2.75) is 39.3 Å². The molecule has 1 amide bonds. The largest absolute Gasteiger partial charge is 0.336 e. The van der Waals surface area contributed by atoms with E-state index in [4.69, 9.17) is 5.26 Å². The van der Waals surface area contributed by atoms with Gasteiger partial charge in [-0.3, -0.25) is 9.78 Å². The lowest BCUT2D eigenvalue weighted by Gasteiger charge is -2.27. The van der Waals surface area contributed by atoms with E-state index in [9.17, 15) is 4.79 Å². The molecule has 0 unspecified atom stereocenters. The summed E-state index contributed by atoms with van der Waals surface area (Å²) in [6.07, 6.45) is 4.70. The normalized spacial score (nSPS) is 10.3. The average Bonchev–Trinajstić information content (AvgIpc) is 2.58. The van der Waals surface area contributed by atoms with E-state index in [1.165, 1.54) is 0 Å². The lowest BCUT2D eigenvalue weighted by atomic mass is 10.1. The molecular weight excluding hydrogens is 286 g/mol. The lowest BCUT2D eigenvalue weighted by molar-refractivity contribution is -0.133. The number of nitrogens with zero attached hydrogens (tertiary/aromatic N) is 3. The van der Waals surface area contributed by atoms with Gasteiger partial charge in [-0.2, -0.15) is 5.26 Å². The van der Waals surface area contributed by atoms with Crippen LogP contribution in [0.5, 0.6) is 0 Å². The Kier molecular flexibility index (Phi) is 5.87. The molecule has 2 rings (SSSR count). The van der Waals surface area contributed by atoms with Crippen LogP contribution in [0.1, 0.15) is 37.0 Å². The molecule has 1 aromatic carbocycles. The molecule has 118 valence electrons. The Morgan fingerprint density at radius 1 is 1.22 bits per heavy atom. The van der Waals surface area contributed by atoms with Gasteiger partial charge in [0.25, 0.3) is 0 Å². The van der Waals surface area contributed by atoms with Gasteiger partial charge in [-0.25, -0.2) is 0 Å². The zero-order valence-electron chi connectivity index (χ0n) is 13.6. The van der Waals surface area contributed by atoms with Crippen molar-refractivity contribution in [3.05, 3.63) is 65.5 Å². The van der Waals surface area contributed by atoms with E-state index in [-0.39, 0.29) is 11.9 Å². The minimum absolute atomic E-state index is 0.132. The third-order valence-corrected chi connectivity index (χ3v) is 3.73. The second-order valence-corrected chi connectivity index (χ2v) is 5.79. The predicted octanol–water partition coefficient (Wildman–Crippen LogP) is 3.32. The van der Waals surface area contributed by atoms with E-state index in [0.717, 1.165) is 11.1 Å². The van der Waals surface area contributed by atoms with Crippen molar-refractivity contribution in [1.29, 1.82) is 5.26 Å². The molecule has 0 saturated heterocycles. The van der Waals surface area contributed by atoms with Gasteiger partial charge in [0.15, 0.2) is 0 Å². The van der Waals surface area contributed by atoms with Crippen LogP contribution in [0.25, 0.3) is 0 Å². The Morgan fingerprint density at radius 3 is 2.52 bits per heavy atom. The van der Waals surface area contributed by atoms with E-state index in [0.29, 0.717) is 24.9 Å². The van der Waals surface area contributed by atoms with Crippen LogP contribution in [-0.4, -0.2) is 21.8 Å². The minimum atomic E-state index is 0.132. The molecule has 0 N–H and O–H groups in total. The molecule has 0 radical (unpaired) electrons. The highest BCUT2D eigenvalue weighted by Gasteiger charge is 2.17. The molecular formula is C19H21N3O. The highest BCUT2D eigenvalue weighted by Crippen LogP contribution is 2.13. The number of benzene rings is 1. The second kappa shape index (κ2) is 8.09. The fraction of sp³-hybridized carbons (Fsp3) is 0.316. The van der Waals surface area contributed by atoms with Gasteiger partial charge >= 0.3 is 0 Å². The van der Waals surface area contributed by atoms with Crippen LogP contribution in [0, 0.1) is 11.3 Å². The number of carbonyl (C=O) groups is 1. The number of pyridine rings is 1. The van der Waals surface area contributed by atoms with Crippen molar-refractivity contribution >= 4 is 5.91 Å². The summed E-state index contributed by atoms with van der Waals surface area (Å²) in [6.45, 7) is 4.60. The topological polar surface area (TPSA) is 57.0 Å². The lowest BCUT2D eigenvalue weighted by Crippen LogP contribution is -2.36. The van der Waals surface area contributed by atoms with Gasteiger partial charge in [-0.1, -0.05) is 18.2 Å². The van der Waals surface area contributed by atoms with Crippen molar-refractivity contribution < 1.29 is 4.79 Å². The van der Waals surface area contributed by atoms with Crippen molar-refractivity contribution in [3.8, 4) is 6.07 Å². The molecule has 0 saturated carbocycles. The smallest absolute Gasteiger partial charge is 0.223 e. The van der Waals surface area contributed by atoms with E-state index >= 15 is 0 Å². The molecule has 4 nitrogen and oxygen atoms in total. The summed E-state index contributed by atoms with van der Waals surface area (Å²) in [7, 11) is 0. The third kappa shape index (κ3) is 4.93. The van der Waals surface area contributed by atoms with Gasteiger partial charge in [0.1, 0.15) is 0 Å². The van der Waals surface area contributed by atoms with Crippen molar-refractivity contribution in [1.82, 2.24) is 9.88 Å². The Hall–Kier alpha value is -2.67. The SMILES string of the molecule is CC(C)N(Cc1ccc(C#N)cc1)C(=O)CCc1cccnc1. The fourth-order valence-electron chi connectivity index (χ4n) is 2.38. The van der Waals surface area contributed by atoms with Gasteiger partial charge < -0.3 is 4.90 Å².